The minimum atomic E-state index is -2.00. The monoisotopic (exact) mass is 608 g/mol. The van der Waals surface area contributed by atoms with Gasteiger partial charge in [0.2, 0.25) is 0 Å². The molecule has 3 fully saturated rings. The Morgan fingerprint density at radius 3 is 2.29 bits per heavy atom. The first-order valence-electron chi connectivity index (χ1n) is 16.6. The standard InChI is InChI=1S/C34H60O7Si/c1-12-34(8,9)32(37)40-28-18-24(31(36)38-21(2)3)17-23-14-13-22(4)27(30(23)28)16-15-25-19-26(20-29(35)39-25)41-42(10,11)33(5,6)7/h21-28,30H,12-20H2,1-11H3/t22-,23-,24-,25+,26+,27-,28-,30-/m0/s1. The van der Waals surface area contributed by atoms with Gasteiger partial charge in [0.1, 0.15) is 12.2 Å². The minimum absolute atomic E-state index is 0.0790. The predicted octanol–water partition coefficient (Wildman–Crippen LogP) is 7.85. The van der Waals surface area contributed by atoms with E-state index in [-0.39, 0.29) is 59.2 Å². The molecule has 242 valence electrons. The third kappa shape index (κ3) is 8.61. The Morgan fingerprint density at radius 2 is 1.69 bits per heavy atom. The first-order valence-corrected chi connectivity index (χ1v) is 19.5. The van der Waals surface area contributed by atoms with Crippen molar-refractivity contribution in [3.63, 3.8) is 0 Å². The van der Waals surface area contributed by atoms with Crippen molar-refractivity contribution in [2.45, 2.75) is 163 Å². The molecule has 0 aromatic rings. The van der Waals surface area contributed by atoms with E-state index in [0.717, 1.165) is 38.5 Å². The molecule has 0 unspecified atom stereocenters. The van der Waals surface area contributed by atoms with Crippen LogP contribution in [-0.2, 0) is 33.0 Å². The van der Waals surface area contributed by atoms with Crippen LogP contribution < -0.4 is 0 Å². The van der Waals surface area contributed by atoms with Crippen LogP contribution in [0.15, 0.2) is 0 Å². The normalized spacial score (nSPS) is 32.6. The van der Waals surface area contributed by atoms with Gasteiger partial charge in [0.15, 0.2) is 8.32 Å². The molecule has 8 heteroatoms. The number of ether oxygens (including phenoxy) is 3. The van der Waals surface area contributed by atoms with Crippen LogP contribution in [0.5, 0.6) is 0 Å². The molecule has 0 aromatic heterocycles. The van der Waals surface area contributed by atoms with Crippen LogP contribution in [0.2, 0.25) is 18.1 Å². The maximum atomic E-state index is 13.3. The molecular weight excluding hydrogens is 548 g/mol. The molecule has 0 radical (unpaired) electrons. The Hall–Kier alpha value is -1.41. The highest BCUT2D eigenvalue weighted by Crippen LogP contribution is 2.51. The number of carbonyl (C=O) groups excluding carboxylic acids is 3. The average Bonchev–Trinajstić information content (AvgIpc) is 2.86. The molecule has 1 aliphatic heterocycles. The van der Waals surface area contributed by atoms with Crippen LogP contribution in [0, 0.1) is 35.0 Å². The summed E-state index contributed by atoms with van der Waals surface area (Å²) < 4.78 is 24.5. The molecule has 0 N–H and O–H groups in total. The van der Waals surface area contributed by atoms with Gasteiger partial charge in [-0.25, -0.2) is 0 Å². The molecular formula is C34H60O7Si. The lowest BCUT2D eigenvalue weighted by Crippen LogP contribution is -2.50. The van der Waals surface area contributed by atoms with Crippen LogP contribution in [0.3, 0.4) is 0 Å². The second kappa shape index (κ2) is 13.7. The van der Waals surface area contributed by atoms with Gasteiger partial charge in [0.05, 0.1) is 30.0 Å². The molecule has 0 amide bonds. The largest absolute Gasteiger partial charge is 0.463 e. The molecule has 0 aromatic carbocycles. The van der Waals surface area contributed by atoms with E-state index in [9.17, 15) is 14.4 Å². The van der Waals surface area contributed by atoms with Gasteiger partial charge in [-0.2, -0.15) is 0 Å². The summed E-state index contributed by atoms with van der Waals surface area (Å²) in [6.45, 7) is 23.1. The highest BCUT2D eigenvalue weighted by molar-refractivity contribution is 6.74. The number of carbonyl (C=O) groups is 3. The van der Waals surface area contributed by atoms with E-state index in [4.69, 9.17) is 18.6 Å². The number of fused-ring (bicyclic) bond motifs is 1. The van der Waals surface area contributed by atoms with Gasteiger partial charge in [0.25, 0.3) is 0 Å². The van der Waals surface area contributed by atoms with Gasteiger partial charge in [-0.1, -0.05) is 41.0 Å². The maximum Gasteiger partial charge on any atom is 0.311 e. The summed E-state index contributed by atoms with van der Waals surface area (Å²) in [4.78, 5) is 39.0. The lowest BCUT2D eigenvalue weighted by Gasteiger charge is -2.50. The van der Waals surface area contributed by atoms with E-state index in [1.54, 1.807) is 0 Å². The van der Waals surface area contributed by atoms with Crippen molar-refractivity contribution < 1.29 is 33.0 Å². The molecule has 3 aliphatic rings. The first kappa shape index (κ1) is 35.1. The molecule has 7 nitrogen and oxygen atoms in total. The van der Waals surface area contributed by atoms with Gasteiger partial charge in [0, 0.05) is 12.3 Å². The van der Waals surface area contributed by atoms with E-state index in [0.29, 0.717) is 37.0 Å². The lowest BCUT2D eigenvalue weighted by molar-refractivity contribution is -0.180. The highest BCUT2D eigenvalue weighted by Gasteiger charge is 2.50. The molecule has 0 bridgehead atoms. The molecule has 2 saturated carbocycles. The Balaban J connectivity index is 1.78. The van der Waals surface area contributed by atoms with Gasteiger partial charge >= 0.3 is 17.9 Å². The first-order chi connectivity index (χ1) is 19.3. The van der Waals surface area contributed by atoms with E-state index in [1.165, 1.54) is 0 Å². The van der Waals surface area contributed by atoms with E-state index < -0.39 is 13.7 Å². The number of rotatable bonds is 10. The summed E-state index contributed by atoms with van der Waals surface area (Å²) >= 11 is 0. The van der Waals surface area contributed by atoms with Gasteiger partial charge in [-0.05, 0) is 102 Å². The second-order valence-corrected chi connectivity index (χ2v) is 20.8. The molecule has 1 saturated heterocycles. The van der Waals surface area contributed by atoms with Crippen molar-refractivity contribution in [2.24, 2.45) is 35.0 Å². The predicted molar refractivity (Wildman–Crippen MR) is 167 cm³/mol. The molecule has 0 spiro atoms. The summed E-state index contributed by atoms with van der Waals surface area (Å²) in [5, 5.41) is 0.0790. The summed E-state index contributed by atoms with van der Waals surface area (Å²) in [5.74, 6) is 0.507. The van der Waals surface area contributed by atoms with Crippen LogP contribution in [0.1, 0.15) is 120 Å². The third-order valence-electron chi connectivity index (χ3n) is 11.0. The maximum absolute atomic E-state index is 13.3. The molecule has 3 rings (SSSR count). The Morgan fingerprint density at radius 1 is 1.02 bits per heavy atom. The molecule has 42 heavy (non-hydrogen) atoms. The zero-order valence-corrected chi connectivity index (χ0v) is 29.4. The number of hydrogen-bond donors (Lipinski definition) is 0. The minimum Gasteiger partial charge on any atom is -0.463 e. The van der Waals surface area contributed by atoms with Crippen LogP contribution in [0.4, 0.5) is 0 Å². The van der Waals surface area contributed by atoms with Gasteiger partial charge < -0.3 is 18.6 Å². The summed E-state index contributed by atoms with van der Waals surface area (Å²) in [6, 6.07) is 0. The zero-order valence-electron chi connectivity index (χ0n) is 28.4. The number of cyclic esters (lactones) is 1. The van der Waals surface area contributed by atoms with Gasteiger partial charge in [-0.3, -0.25) is 14.4 Å². The fraction of sp³-hybridized carbons (Fsp3) is 0.912. The van der Waals surface area contributed by atoms with Crippen LogP contribution in [0.25, 0.3) is 0 Å². The number of hydrogen-bond acceptors (Lipinski definition) is 7. The smallest absolute Gasteiger partial charge is 0.311 e. The lowest BCUT2D eigenvalue weighted by atomic mass is 9.57. The molecule has 2 aliphatic carbocycles. The van der Waals surface area contributed by atoms with E-state index >= 15 is 0 Å². The van der Waals surface area contributed by atoms with Crippen LogP contribution >= 0.6 is 0 Å². The Bertz CT molecular complexity index is 952. The molecule has 1 heterocycles. The van der Waals surface area contributed by atoms with Gasteiger partial charge in [-0.15, -0.1) is 0 Å². The van der Waals surface area contributed by atoms with Crippen LogP contribution in [-0.4, -0.2) is 50.6 Å². The van der Waals surface area contributed by atoms with Crippen molar-refractivity contribution in [3.05, 3.63) is 0 Å². The topological polar surface area (TPSA) is 88.1 Å². The van der Waals surface area contributed by atoms with E-state index in [2.05, 4.69) is 40.8 Å². The van der Waals surface area contributed by atoms with Crippen molar-refractivity contribution in [1.82, 2.24) is 0 Å². The quantitative estimate of drug-likeness (QED) is 0.142. The summed E-state index contributed by atoms with van der Waals surface area (Å²) in [7, 11) is -2.00. The van der Waals surface area contributed by atoms with Crippen molar-refractivity contribution in [3.8, 4) is 0 Å². The Kier molecular flexibility index (Phi) is 11.4. The third-order valence-corrected chi connectivity index (χ3v) is 15.5. The summed E-state index contributed by atoms with van der Waals surface area (Å²) in [6.07, 6.45) is 6.10. The fourth-order valence-corrected chi connectivity index (χ4v) is 8.38. The van der Waals surface area contributed by atoms with E-state index in [1.807, 2.05) is 34.6 Å². The summed E-state index contributed by atoms with van der Waals surface area (Å²) in [5.41, 5.74) is -0.577. The van der Waals surface area contributed by atoms with Crippen molar-refractivity contribution in [2.75, 3.05) is 0 Å². The zero-order chi connectivity index (χ0) is 31.6. The number of esters is 3. The molecule has 8 atom stereocenters. The van der Waals surface area contributed by atoms with Crippen molar-refractivity contribution in [1.29, 1.82) is 0 Å². The second-order valence-electron chi connectivity index (χ2n) is 16.0. The fourth-order valence-electron chi connectivity index (χ4n) is 7.01. The Labute approximate surface area is 256 Å². The average molecular weight is 609 g/mol. The highest BCUT2D eigenvalue weighted by atomic mass is 28.4. The van der Waals surface area contributed by atoms with Crippen molar-refractivity contribution >= 4 is 26.2 Å². The SMILES string of the molecule is CCC(C)(C)C(=O)O[C@H]1C[C@@H](C(=O)OC(C)C)C[C@@H]2CC[C@H](C)[C@H](CC[C@@H]3C[C@@H](O[Si](C)(C)C(C)(C)C)CC(=O)O3)[C@H]21.